The number of para-hydroxylation sites is 1. The highest BCUT2D eigenvalue weighted by atomic mass is 16.7. The molecule has 1 aromatic heterocycles. The van der Waals surface area contributed by atoms with Gasteiger partial charge in [-0.25, -0.2) is 0 Å². The summed E-state index contributed by atoms with van der Waals surface area (Å²) in [6.45, 7) is 0.758. The maximum Gasteiger partial charge on any atom is 0.0790 e. The molecule has 90 valence electrons. The summed E-state index contributed by atoms with van der Waals surface area (Å²) < 4.78 is 0. The molecular formula is C14H18N2O. The molecule has 3 nitrogen and oxygen atoms in total. The highest BCUT2D eigenvalue weighted by Gasteiger charge is 2.15. The predicted octanol–water partition coefficient (Wildman–Crippen LogP) is 3.13. The van der Waals surface area contributed by atoms with Crippen molar-refractivity contribution >= 4 is 10.9 Å². The maximum atomic E-state index is 5.67. The molecule has 2 N–H and O–H groups in total. The van der Waals surface area contributed by atoms with Crippen molar-refractivity contribution < 1.29 is 4.84 Å². The normalized spacial score (nSPS) is 16.9. The number of rotatable bonds is 4. The number of hydroxylamine groups is 1. The zero-order chi connectivity index (χ0) is 11.5. The van der Waals surface area contributed by atoms with Crippen molar-refractivity contribution in [1.29, 1.82) is 0 Å². The minimum absolute atomic E-state index is 0.415. The van der Waals surface area contributed by atoms with Crippen molar-refractivity contribution in [1.82, 2.24) is 10.5 Å². The van der Waals surface area contributed by atoms with Crippen LogP contribution in [0.3, 0.4) is 0 Å². The first-order valence-corrected chi connectivity index (χ1v) is 6.37. The van der Waals surface area contributed by atoms with E-state index in [0.717, 1.165) is 6.54 Å². The molecule has 3 rings (SSSR count). The molecule has 0 amide bonds. The van der Waals surface area contributed by atoms with Crippen LogP contribution < -0.4 is 5.48 Å². The third kappa shape index (κ3) is 2.35. The van der Waals surface area contributed by atoms with E-state index in [2.05, 4.69) is 34.7 Å². The smallest absolute Gasteiger partial charge is 0.0790 e. The lowest BCUT2D eigenvalue weighted by Crippen LogP contribution is -2.21. The van der Waals surface area contributed by atoms with Gasteiger partial charge in [0.15, 0.2) is 0 Å². The van der Waals surface area contributed by atoms with E-state index in [1.165, 1.54) is 42.1 Å². The Balaban J connectivity index is 1.62. The second-order valence-electron chi connectivity index (χ2n) is 4.70. The van der Waals surface area contributed by atoms with Gasteiger partial charge in [0.05, 0.1) is 6.10 Å². The molecule has 1 aliphatic rings. The van der Waals surface area contributed by atoms with E-state index in [0.29, 0.717) is 6.10 Å². The lowest BCUT2D eigenvalue weighted by molar-refractivity contribution is -0.0242. The summed E-state index contributed by atoms with van der Waals surface area (Å²) in [5.41, 5.74) is 5.56. The second kappa shape index (κ2) is 4.90. The summed E-state index contributed by atoms with van der Waals surface area (Å²) in [7, 11) is 0. The van der Waals surface area contributed by atoms with Gasteiger partial charge in [-0.15, -0.1) is 0 Å². The quantitative estimate of drug-likeness (QED) is 0.792. The van der Waals surface area contributed by atoms with Crippen molar-refractivity contribution in [2.75, 3.05) is 0 Å². The minimum atomic E-state index is 0.415. The van der Waals surface area contributed by atoms with E-state index in [4.69, 9.17) is 4.84 Å². The van der Waals surface area contributed by atoms with Crippen LogP contribution in [0.25, 0.3) is 10.9 Å². The number of aromatic amines is 1. The number of H-pyrrole nitrogens is 1. The predicted molar refractivity (Wildman–Crippen MR) is 68.5 cm³/mol. The molecule has 0 unspecified atom stereocenters. The van der Waals surface area contributed by atoms with Gasteiger partial charge in [0.2, 0.25) is 0 Å². The Labute approximate surface area is 101 Å². The van der Waals surface area contributed by atoms with Crippen molar-refractivity contribution in [3.63, 3.8) is 0 Å². The Morgan fingerprint density at radius 1 is 1.24 bits per heavy atom. The summed E-state index contributed by atoms with van der Waals surface area (Å²) in [4.78, 5) is 8.94. The molecule has 1 aliphatic carbocycles. The van der Waals surface area contributed by atoms with Gasteiger partial charge in [0.1, 0.15) is 0 Å². The van der Waals surface area contributed by atoms with Crippen molar-refractivity contribution in [2.45, 2.75) is 38.3 Å². The standard InChI is InChI=1S/C14H18N2O/c1-2-7-13(6-1)17-16-10-12-5-3-4-11-8-9-15-14(11)12/h3-5,8-9,13,15-16H,1-2,6-7,10H2. The zero-order valence-corrected chi connectivity index (χ0v) is 9.91. The lowest BCUT2D eigenvalue weighted by atomic mass is 10.1. The van der Waals surface area contributed by atoms with E-state index in [9.17, 15) is 0 Å². The molecule has 1 saturated carbocycles. The van der Waals surface area contributed by atoms with Crippen LogP contribution >= 0.6 is 0 Å². The van der Waals surface area contributed by atoms with Crippen LogP contribution in [-0.2, 0) is 11.4 Å². The number of nitrogens with one attached hydrogen (secondary N) is 2. The summed E-state index contributed by atoms with van der Waals surface area (Å²) >= 11 is 0. The molecule has 0 spiro atoms. The van der Waals surface area contributed by atoms with Crippen LogP contribution in [0.15, 0.2) is 30.5 Å². The summed E-state index contributed by atoms with van der Waals surface area (Å²) in [5, 5.41) is 1.25. The third-order valence-electron chi connectivity index (χ3n) is 3.49. The highest BCUT2D eigenvalue weighted by molar-refractivity contribution is 5.82. The fourth-order valence-electron chi connectivity index (χ4n) is 2.54. The van der Waals surface area contributed by atoms with Gasteiger partial charge in [0.25, 0.3) is 0 Å². The summed E-state index contributed by atoms with van der Waals surface area (Å²) in [5.74, 6) is 0. The molecule has 0 atom stereocenters. The van der Waals surface area contributed by atoms with Crippen LogP contribution in [0.5, 0.6) is 0 Å². The lowest BCUT2D eigenvalue weighted by Gasteiger charge is -2.12. The Bertz CT molecular complexity index is 486. The maximum absolute atomic E-state index is 5.67. The topological polar surface area (TPSA) is 37.0 Å². The Kier molecular flexibility index (Phi) is 3.12. The largest absolute Gasteiger partial charge is 0.361 e. The Morgan fingerprint density at radius 2 is 2.12 bits per heavy atom. The molecule has 1 aromatic carbocycles. The fourth-order valence-corrected chi connectivity index (χ4v) is 2.54. The van der Waals surface area contributed by atoms with Gasteiger partial charge < -0.3 is 4.98 Å². The Hall–Kier alpha value is -1.32. The number of benzene rings is 1. The molecule has 17 heavy (non-hydrogen) atoms. The average Bonchev–Trinajstić information content (AvgIpc) is 2.99. The van der Waals surface area contributed by atoms with Crippen LogP contribution in [0.2, 0.25) is 0 Å². The van der Waals surface area contributed by atoms with Crippen LogP contribution in [0.1, 0.15) is 31.2 Å². The number of hydrogen-bond acceptors (Lipinski definition) is 2. The molecule has 2 aromatic rings. The van der Waals surface area contributed by atoms with Gasteiger partial charge in [-0.05, 0) is 29.9 Å². The van der Waals surface area contributed by atoms with E-state index >= 15 is 0 Å². The van der Waals surface area contributed by atoms with Crippen LogP contribution in [-0.4, -0.2) is 11.1 Å². The van der Waals surface area contributed by atoms with Gasteiger partial charge in [0, 0.05) is 18.3 Å². The molecular weight excluding hydrogens is 212 g/mol. The van der Waals surface area contributed by atoms with Crippen molar-refractivity contribution in [2.24, 2.45) is 0 Å². The molecule has 0 saturated heterocycles. The number of aromatic nitrogens is 1. The first-order valence-electron chi connectivity index (χ1n) is 6.37. The average molecular weight is 230 g/mol. The second-order valence-corrected chi connectivity index (χ2v) is 4.70. The van der Waals surface area contributed by atoms with Gasteiger partial charge >= 0.3 is 0 Å². The van der Waals surface area contributed by atoms with E-state index in [1.807, 2.05) is 6.20 Å². The highest BCUT2D eigenvalue weighted by Crippen LogP contribution is 2.20. The van der Waals surface area contributed by atoms with E-state index < -0.39 is 0 Å². The van der Waals surface area contributed by atoms with Gasteiger partial charge in [-0.2, -0.15) is 5.48 Å². The molecule has 3 heteroatoms. The van der Waals surface area contributed by atoms with Gasteiger partial charge in [-0.1, -0.05) is 31.0 Å². The van der Waals surface area contributed by atoms with E-state index in [-0.39, 0.29) is 0 Å². The fraction of sp³-hybridized carbons (Fsp3) is 0.429. The first kappa shape index (κ1) is 10.8. The first-order chi connectivity index (χ1) is 8.43. The summed E-state index contributed by atoms with van der Waals surface area (Å²) in [6.07, 6.45) is 7.39. The molecule has 0 bridgehead atoms. The molecule has 0 radical (unpaired) electrons. The van der Waals surface area contributed by atoms with Gasteiger partial charge in [-0.3, -0.25) is 4.84 Å². The molecule has 1 heterocycles. The van der Waals surface area contributed by atoms with E-state index in [1.54, 1.807) is 0 Å². The van der Waals surface area contributed by atoms with Crippen molar-refractivity contribution in [3.05, 3.63) is 36.0 Å². The SMILES string of the molecule is c1cc(CNOC2CCCC2)c2[nH]ccc2c1. The number of fused-ring (bicyclic) bond motifs is 1. The third-order valence-corrected chi connectivity index (χ3v) is 3.49. The minimum Gasteiger partial charge on any atom is -0.361 e. The number of hydrogen-bond donors (Lipinski definition) is 2. The van der Waals surface area contributed by atoms with Crippen molar-refractivity contribution in [3.8, 4) is 0 Å². The summed E-state index contributed by atoms with van der Waals surface area (Å²) in [6, 6.07) is 8.43. The van der Waals surface area contributed by atoms with Crippen LogP contribution in [0.4, 0.5) is 0 Å². The molecule has 1 fully saturated rings. The monoisotopic (exact) mass is 230 g/mol. The van der Waals surface area contributed by atoms with Crippen LogP contribution in [0, 0.1) is 0 Å². The molecule has 0 aliphatic heterocycles. The zero-order valence-electron chi connectivity index (χ0n) is 9.91. The Morgan fingerprint density at radius 3 is 3.00 bits per heavy atom.